The van der Waals surface area contributed by atoms with Crippen LogP contribution < -0.4 is 10.5 Å². The summed E-state index contributed by atoms with van der Waals surface area (Å²) in [6, 6.07) is 1.44. The summed E-state index contributed by atoms with van der Waals surface area (Å²) in [7, 11) is -1.91. The fourth-order valence-electron chi connectivity index (χ4n) is 1.35. The van der Waals surface area contributed by atoms with Crippen molar-refractivity contribution in [3.05, 3.63) is 12.3 Å². The lowest BCUT2D eigenvalue weighted by Crippen LogP contribution is -2.26. The van der Waals surface area contributed by atoms with Gasteiger partial charge in [0.1, 0.15) is 0 Å². The van der Waals surface area contributed by atoms with Crippen molar-refractivity contribution in [2.45, 2.75) is 24.3 Å². The Kier molecular flexibility index (Phi) is 4.64. The van der Waals surface area contributed by atoms with Crippen molar-refractivity contribution in [3.8, 4) is 0 Å². The van der Waals surface area contributed by atoms with Crippen LogP contribution in [0.1, 0.15) is 19.3 Å². The number of hydrogen-bond donors (Lipinski definition) is 3. The van der Waals surface area contributed by atoms with Crippen molar-refractivity contribution < 1.29 is 8.42 Å². The second-order valence-corrected chi connectivity index (χ2v) is 5.39. The van der Waals surface area contributed by atoms with Crippen molar-refractivity contribution >= 4 is 15.9 Å². The van der Waals surface area contributed by atoms with E-state index in [0.717, 1.165) is 0 Å². The van der Waals surface area contributed by atoms with Gasteiger partial charge in [-0.25, -0.2) is 13.1 Å². The van der Waals surface area contributed by atoms with E-state index in [-0.39, 0.29) is 10.9 Å². The molecule has 0 fully saturated rings. The Hall–Kier alpha value is -1.41. The molecule has 7 nitrogen and oxygen atoms in total. The second-order valence-electron chi connectivity index (χ2n) is 3.67. The Labute approximate surface area is 101 Å². The zero-order chi connectivity index (χ0) is 12.9. The normalized spacial score (nSPS) is 11.6. The third-order valence-corrected chi connectivity index (χ3v) is 3.75. The first kappa shape index (κ1) is 13.7. The average molecular weight is 259 g/mol. The minimum atomic E-state index is -3.48. The zero-order valence-corrected chi connectivity index (χ0v) is 10.5. The molecule has 1 aromatic heterocycles. The largest absolute Gasteiger partial charge is 0.388 e. The molecule has 0 bridgehead atoms. The van der Waals surface area contributed by atoms with Gasteiger partial charge in [-0.2, -0.15) is 5.10 Å². The number of nitrogens with one attached hydrogen (secondary N) is 2. The van der Waals surface area contributed by atoms with E-state index in [1.165, 1.54) is 16.9 Å². The van der Waals surface area contributed by atoms with E-state index in [2.05, 4.69) is 9.82 Å². The molecule has 0 aromatic carbocycles. The topological polar surface area (TPSA) is 114 Å². The van der Waals surface area contributed by atoms with Gasteiger partial charge in [0.15, 0.2) is 5.03 Å². The quantitative estimate of drug-likeness (QED) is 0.357. The fraction of sp³-hybridized carbons (Fsp3) is 0.556. The highest BCUT2D eigenvalue weighted by Gasteiger charge is 2.16. The Balaban J connectivity index is 2.41. The molecule has 0 saturated heterocycles. The first-order valence-electron chi connectivity index (χ1n) is 5.24. The van der Waals surface area contributed by atoms with Gasteiger partial charge in [-0.3, -0.25) is 10.1 Å². The molecular weight excluding hydrogens is 242 g/mol. The summed E-state index contributed by atoms with van der Waals surface area (Å²) in [4.78, 5) is 0. The summed E-state index contributed by atoms with van der Waals surface area (Å²) in [5.74, 6) is 0.125. The maximum absolute atomic E-state index is 11.8. The van der Waals surface area contributed by atoms with E-state index in [4.69, 9.17) is 11.1 Å². The molecule has 1 aromatic rings. The molecule has 0 spiro atoms. The van der Waals surface area contributed by atoms with Gasteiger partial charge in [-0.05, 0) is 18.9 Å². The number of hydrogen-bond acceptors (Lipinski definition) is 4. The molecule has 0 atom stereocenters. The van der Waals surface area contributed by atoms with Crippen LogP contribution in [0.15, 0.2) is 17.3 Å². The van der Waals surface area contributed by atoms with Gasteiger partial charge in [-0.1, -0.05) is 0 Å². The van der Waals surface area contributed by atoms with Crippen LogP contribution in [-0.2, 0) is 17.1 Å². The van der Waals surface area contributed by atoms with Gasteiger partial charge < -0.3 is 5.73 Å². The molecule has 0 aliphatic rings. The van der Waals surface area contributed by atoms with Crippen molar-refractivity contribution in [2.24, 2.45) is 12.8 Å². The Morgan fingerprint density at radius 2 is 2.29 bits per heavy atom. The molecule has 0 aliphatic carbocycles. The van der Waals surface area contributed by atoms with Crippen LogP contribution in [0.5, 0.6) is 0 Å². The summed E-state index contributed by atoms with van der Waals surface area (Å²) in [6.45, 7) is 0.334. The molecule has 8 heteroatoms. The van der Waals surface area contributed by atoms with Gasteiger partial charge >= 0.3 is 0 Å². The lowest BCUT2D eigenvalue weighted by molar-refractivity contribution is 0.560. The predicted octanol–water partition coefficient (Wildman–Crippen LogP) is -0.195. The second kappa shape index (κ2) is 5.78. The van der Waals surface area contributed by atoms with Crippen molar-refractivity contribution in [2.75, 3.05) is 6.54 Å². The third kappa shape index (κ3) is 4.16. The van der Waals surface area contributed by atoms with Gasteiger partial charge in [-0.15, -0.1) is 0 Å². The van der Waals surface area contributed by atoms with E-state index < -0.39 is 10.0 Å². The van der Waals surface area contributed by atoms with Crippen molar-refractivity contribution in [1.29, 1.82) is 5.41 Å². The lowest BCUT2D eigenvalue weighted by Gasteiger charge is -2.06. The highest BCUT2D eigenvalue weighted by Crippen LogP contribution is 2.05. The molecule has 0 radical (unpaired) electrons. The van der Waals surface area contributed by atoms with E-state index in [1.54, 1.807) is 7.05 Å². The molecule has 17 heavy (non-hydrogen) atoms. The van der Waals surface area contributed by atoms with Gasteiger partial charge in [0.25, 0.3) is 10.0 Å². The van der Waals surface area contributed by atoms with Gasteiger partial charge in [0.05, 0.1) is 12.0 Å². The molecule has 1 heterocycles. The zero-order valence-electron chi connectivity index (χ0n) is 9.68. The van der Waals surface area contributed by atoms with E-state index >= 15 is 0 Å². The van der Waals surface area contributed by atoms with Gasteiger partial charge in [0, 0.05) is 20.0 Å². The van der Waals surface area contributed by atoms with Crippen LogP contribution in [0.2, 0.25) is 0 Å². The first-order valence-corrected chi connectivity index (χ1v) is 6.72. The molecule has 0 aliphatic heterocycles. The first-order chi connectivity index (χ1) is 7.93. The minimum absolute atomic E-state index is 0.125. The van der Waals surface area contributed by atoms with E-state index in [9.17, 15) is 8.42 Å². The highest BCUT2D eigenvalue weighted by atomic mass is 32.2. The van der Waals surface area contributed by atoms with Crippen LogP contribution in [0.4, 0.5) is 0 Å². The Morgan fingerprint density at radius 1 is 1.59 bits per heavy atom. The van der Waals surface area contributed by atoms with Gasteiger partial charge in [0.2, 0.25) is 0 Å². The van der Waals surface area contributed by atoms with E-state index in [1.807, 2.05) is 0 Å². The number of aryl methyl sites for hydroxylation is 1. The smallest absolute Gasteiger partial charge is 0.257 e. The number of rotatable bonds is 7. The summed E-state index contributed by atoms with van der Waals surface area (Å²) in [6.07, 6.45) is 3.28. The minimum Gasteiger partial charge on any atom is -0.388 e. The number of amidine groups is 1. The van der Waals surface area contributed by atoms with Crippen LogP contribution in [0.25, 0.3) is 0 Å². The molecule has 0 unspecified atom stereocenters. The maximum atomic E-state index is 11.8. The number of aromatic nitrogens is 2. The number of nitrogens with two attached hydrogens (primary N) is 1. The number of sulfonamides is 1. The Morgan fingerprint density at radius 3 is 2.82 bits per heavy atom. The van der Waals surface area contributed by atoms with Crippen LogP contribution in [-0.4, -0.2) is 30.6 Å². The molecule has 0 amide bonds. The van der Waals surface area contributed by atoms with Crippen LogP contribution in [0, 0.1) is 5.41 Å². The number of nitrogens with zero attached hydrogens (tertiary/aromatic N) is 2. The molecule has 96 valence electrons. The SMILES string of the molecule is Cn1nccc1S(=O)(=O)NCCCCC(=N)N. The summed E-state index contributed by atoms with van der Waals surface area (Å²) in [5.41, 5.74) is 5.19. The average Bonchev–Trinajstić information content (AvgIpc) is 2.64. The number of unbranched alkanes of at least 4 members (excludes halogenated alkanes) is 1. The van der Waals surface area contributed by atoms with Crippen LogP contribution >= 0.6 is 0 Å². The van der Waals surface area contributed by atoms with Crippen LogP contribution in [0.3, 0.4) is 0 Å². The molecule has 1 rings (SSSR count). The molecule has 4 N–H and O–H groups in total. The Bertz CT molecular complexity index is 479. The highest BCUT2D eigenvalue weighted by molar-refractivity contribution is 7.89. The lowest BCUT2D eigenvalue weighted by atomic mass is 10.2. The monoisotopic (exact) mass is 259 g/mol. The maximum Gasteiger partial charge on any atom is 0.257 e. The molecular formula is C9H17N5O2S. The van der Waals surface area contributed by atoms with E-state index in [0.29, 0.717) is 25.8 Å². The van der Waals surface area contributed by atoms with Crippen molar-refractivity contribution in [3.63, 3.8) is 0 Å². The predicted molar refractivity (Wildman–Crippen MR) is 64.2 cm³/mol. The summed E-state index contributed by atoms with van der Waals surface area (Å²) in [5, 5.41) is 11.0. The fourth-order valence-corrected chi connectivity index (χ4v) is 2.54. The summed E-state index contributed by atoms with van der Waals surface area (Å²) < 4.78 is 27.3. The third-order valence-electron chi connectivity index (χ3n) is 2.22. The summed E-state index contributed by atoms with van der Waals surface area (Å²) >= 11 is 0. The standard InChI is InChI=1S/C9H17N5O2S/c1-14-9(5-7-12-14)17(15,16)13-6-3-2-4-8(10)11/h5,7,13H,2-4,6H2,1H3,(H3,10,11). The molecule has 0 saturated carbocycles. The van der Waals surface area contributed by atoms with Crippen molar-refractivity contribution in [1.82, 2.24) is 14.5 Å².